The minimum absolute atomic E-state index is 0.138. The molecule has 35 heavy (non-hydrogen) atoms. The molecule has 5 aliphatic rings. The number of benzene rings is 4. The third kappa shape index (κ3) is 2.47. The van der Waals surface area contributed by atoms with E-state index in [1.54, 1.807) is 0 Å². The Morgan fingerprint density at radius 1 is 0.943 bits per heavy atom. The molecule has 0 unspecified atom stereocenters. The first-order valence-electron chi connectivity index (χ1n) is 12.1. The topological polar surface area (TPSA) is 17.3 Å². The summed E-state index contributed by atoms with van der Waals surface area (Å²) in [6, 6.07) is 28.4. The molecule has 10 rings (SSSR count). The van der Waals surface area contributed by atoms with E-state index in [4.69, 9.17) is 2.96 Å². The second kappa shape index (κ2) is 6.95. The van der Waals surface area contributed by atoms with Gasteiger partial charge in [-0.1, -0.05) is 0 Å². The van der Waals surface area contributed by atoms with Crippen LogP contribution in [0.1, 0.15) is 11.1 Å². The van der Waals surface area contributed by atoms with E-state index in [2.05, 4.69) is 97.6 Å². The molecule has 6 heterocycles. The standard InChI is InChI=1S/C25H15B5FIN2P/c31-32(33-35-29-26-30(35)27-29)21-14-17-16-8-2-5-11-22(16)34-23-12-6-4-10-20(23)28-19-9-3-1-7-15(19)13-18(21)24(28)25(17)34/h1-12,14H,13H2. The molecule has 3 fully saturated rings. The SMILES string of the molecule is FI(N=[P+]1B2[B]B1[B-]2)c1cc2c3ccccc3n3c2c2c1Cc1ccccc1B2c1ccccc1-3. The summed E-state index contributed by atoms with van der Waals surface area (Å²) in [4.78, 5) is 0. The molecule has 2 nitrogen and oxygen atoms in total. The van der Waals surface area contributed by atoms with Gasteiger partial charge in [-0.15, -0.1) is 0 Å². The zero-order valence-corrected chi connectivity index (χ0v) is 21.7. The van der Waals surface area contributed by atoms with E-state index in [0.29, 0.717) is 12.4 Å². The van der Waals surface area contributed by atoms with Crippen molar-refractivity contribution in [2.24, 2.45) is 2.96 Å². The molecule has 5 aliphatic heterocycles. The van der Waals surface area contributed by atoms with Crippen molar-refractivity contribution in [3.05, 3.63) is 93.6 Å². The fraction of sp³-hybridized carbons (Fsp3) is 0.0400. The molecule has 3 saturated heterocycles. The number of hydrogen-bond donors (Lipinski definition) is 0. The molecule has 5 aromatic rings. The summed E-state index contributed by atoms with van der Waals surface area (Å²) in [6.07, 6.45) is 1.76. The molecule has 0 aliphatic carbocycles. The molecular weight excluding hydrogens is 559 g/mol. The monoisotopic (exact) mass is 575 g/mol. The van der Waals surface area contributed by atoms with Gasteiger partial charge in [0.05, 0.1) is 0 Å². The number of halogens is 2. The van der Waals surface area contributed by atoms with Gasteiger partial charge >= 0.3 is 216 Å². The molecule has 4 aromatic carbocycles. The second-order valence-corrected chi connectivity index (χ2v) is 15.7. The van der Waals surface area contributed by atoms with Crippen LogP contribution in [0.5, 0.6) is 0 Å². The van der Waals surface area contributed by atoms with Gasteiger partial charge in [0.15, 0.2) is 0 Å². The van der Waals surface area contributed by atoms with Gasteiger partial charge in [0, 0.05) is 0 Å². The van der Waals surface area contributed by atoms with Crippen molar-refractivity contribution in [2.75, 3.05) is 0 Å². The van der Waals surface area contributed by atoms with Crippen molar-refractivity contribution in [1.82, 2.24) is 4.57 Å². The molecule has 0 spiro atoms. The van der Waals surface area contributed by atoms with Gasteiger partial charge in [-0.3, -0.25) is 0 Å². The van der Waals surface area contributed by atoms with Crippen LogP contribution in [0, 0.1) is 3.57 Å². The van der Waals surface area contributed by atoms with Gasteiger partial charge in [-0.2, -0.15) is 0 Å². The van der Waals surface area contributed by atoms with Crippen molar-refractivity contribution in [3.8, 4) is 5.69 Å². The third-order valence-corrected chi connectivity index (χ3v) is 15.1. The molecular formula is C25H15B5FIN2P. The first-order chi connectivity index (χ1) is 17.3. The molecule has 2 bridgehead atoms. The Hall–Kier alpha value is -2.24. The predicted octanol–water partition coefficient (Wildman–Crippen LogP) is 4.06. The molecule has 0 saturated carbocycles. The number of aromatic nitrogens is 1. The summed E-state index contributed by atoms with van der Waals surface area (Å²) < 4.78 is 24.6. The first kappa shape index (κ1) is 19.9. The molecule has 0 N–H and O–H groups in total. The van der Waals surface area contributed by atoms with Crippen LogP contribution in [0.4, 0.5) is 2.86 Å². The average Bonchev–Trinajstić information content (AvgIpc) is 3.19. The number of para-hydroxylation sites is 2. The van der Waals surface area contributed by atoms with Gasteiger partial charge in [0.2, 0.25) is 0 Å². The summed E-state index contributed by atoms with van der Waals surface area (Å²) >= 11 is -3.15. The minimum atomic E-state index is -3.15. The Labute approximate surface area is 214 Å². The van der Waals surface area contributed by atoms with E-state index in [0.717, 1.165) is 9.99 Å². The van der Waals surface area contributed by atoms with E-state index in [9.17, 15) is 0 Å². The predicted molar refractivity (Wildman–Crippen MR) is 161 cm³/mol. The van der Waals surface area contributed by atoms with E-state index < -0.39 is 28.1 Å². The van der Waals surface area contributed by atoms with Crippen LogP contribution in [-0.4, -0.2) is 37.8 Å². The Morgan fingerprint density at radius 3 is 2.51 bits per heavy atom. The average molecular weight is 574 g/mol. The van der Waals surface area contributed by atoms with Crippen molar-refractivity contribution in [2.45, 2.75) is 6.42 Å². The number of fused-ring (bicyclic) bond motifs is 8. The first-order valence-corrected chi connectivity index (χ1v) is 16.4. The van der Waals surface area contributed by atoms with Crippen LogP contribution >= 0.6 is 28.1 Å². The Kier molecular flexibility index (Phi) is 3.95. The fourth-order valence-electron chi connectivity index (χ4n) is 6.58. The maximum atomic E-state index is 16.3. The van der Waals surface area contributed by atoms with E-state index in [-0.39, 0.29) is 6.71 Å². The van der Waals surface area contributed by atoms with Crippen LogP contribution in [-0.2, 0) is 6.42 Å². The second-order valence-electron chi connectivity index (χ2n) is 9.91. The van der Waals surface area contributed by atoms with Crippen molar-refractivity contribution in [3.63, 3.8) is 0 Å². The quantitative estimate of drug-likeness (QED) is 0.169. The molecule has 0 atom stereocenters. The van der Waals surface area contributed by atoms with Crippen LogP contribution in [0.2, 0.25) is 0 Å². The Bertz CT molecular complexity index is 1790. The molecule has 3 radical (unpaired) electrons. The summed E-state index contributed by atoms with van der Waals surface area (Å²) in [7, 11) is 4.15. The van der Waals surface area contributed by atoms with Gasteiger partial charge in [-0.05, 0) is 0 Å². The van der Waals surface area contributed by atoms with Gasteiger partial charge in [-0.25, -0.2) is 0 Å². The van der Waals surface area contributed by atoms with E-state index in [1.165, 1.54) is 55.0 Å². The zero-order valence-electron chi connectivity index (χ0n) is 18.7. The van der Waals surface area contributed by atoms with Crippen LogP contribution in [0.25, 0.3) is 27.5 Å². The van der Waals surface area contributed by atoms with Gasteiger partial charge in [0.1, 0.15) is 0 Å². The van der Waals surface area contributed by atoms with E-state index >= 15 is 2.86 Å². The molecule has 10 heteroatoms. The summed E-state index contributed by atoms with van der Waals surface area (Å²) in [6.45, 7) is 0.138. The molecule has 159 valence electrons. The Morgan fingerprint density at radius 2 is 1.69 bits per heavy atom. The van der Waals surface area contributed by atoms with Crippen LogP contribution < -0.4 is 16.4 Å². The normalized spacial score (nSPS) is 16.4. The van der Waals surface area contributed by atoms with Crippen molar-refractivity contribution >= 4 is 99.6 Å². The summed E-state index contributed by atoms with van der Waals surface area (Å²) in [5.74, 6) is 0. The molecule has 1 aromatic heterocycles. The van der Waals surface area contributed by atoms with Gasteiger partial charge < -0.3 is 0 Å². The van der Waals surface area contributed by atoms with Crippen molar-refractivity contribution < 1.29 is 2.86 Å². The number of rotatable bonds is 2. The van der Waals surface area contributed by atoms with Crippen molar-refractivity contribution in [1.29, 1.82) is 0 Å². The zero-order chi connectivity index (χ0) is 22.8. The molecule has 0 amide bonds. The summed E-state index contributed by atoms with van der Waals surface area (Å²) in [5, 5.41) is 2.40. The number of hydrogen-bond acceptors (Lipinski definition) is 1. The van der Waals surface area contributed by atoms with E-state index in [1.807, 2.05) is 0 Å². The van der Waals surface area contributed by atoms with Gasteiger partial charge in [0.25, 0.3) is 0 Å². The number of nitrogens with zero attached hydrogens (tertiary/aromatic N) is 2. The maximum absolute atomic E-state index is 16.3. The third-order valence-electron chi connectivity index (χ3n) is 8.29. The fourth-order valence-corrected chi connectivity index (χ4v) is 13.6. The van der Waals surface area contributed by atoms with Crippen LogP contribution in [0.3, 0.4) is 0 Å². The summed E-state index contributed by atoms with van der Waals surface area (Å²) in [5.41, 5.74) is 10.3. The van der Waals surface area contributed by atoms with Crippen LogP contribution in [0.15, 0.2) is 81.8 Å². The Balaban J connectivity index is 1.44.